The van der Waals surface area contributed by atoms with Gasteiger partial charge in [-0.15, -0.1) is 0 Å². The number of likely N-dealkylation sites (N-methyl/N-ethyl adjacent to an activating group) is 1. The van der Waals surface area contributed by atoms with Gasteiger partial charge >= 0.3 is 0 Å². The molecule has 0 saturated carbocycles. The smallest absolute Gasteiger partial charge is 0.123 e. The van der Waals surface area contributed by atoms with Crippen LogP contribution in [0, 0.1) is 5.82 Å². The Balaban J connectivity index is 1.45. The summed E-state index contributed by atoms with van der Waals surface area (Å²) in [4.78, 5) is 4.48. The molecule has 2 aliphatic rings. The van der Waals surface area contributed by atoms with E-state index in [1.54, 1.807) is 0 Å². The Morgan fingerprint density at radius 3 is 2.62 bits per heavy atom. The van der Waals surface area contributed by atoms with E-state index in [0.717, 1.165) is 57.8 Å². The van der Waals surface area contributed by atoms with Crippen molar-refractivity contribution in [2.75, 3.05) is 58.5 Å². The molecule has 1 N–H and O–H groups in total. The summed E-state index contributed by atoms with van der Waals surface area (Å²) in [7, 11) is 4.12. The summed E-state index contributed by atoms with van der Waals surface area (Å²) in [5, 5.41) is 3.82. The number of piperidine rings is 1. The molecule has 0 radical (unpaired) electrons. The van der Waals surface area contributed by atoms with Crippen LogP contribution in [0.5, 0.6) is 0 Å². The Labute approximate surface area is 156 Å². The number of hydrogen-bond donors (Lipinski definition) is 1. The zero-order valence-electron chi connectivity index (χ0n) is 16.0. The maximum atomic E-state index is 13.1. The molecule has 2 saturated heterocycles. The van der Waals surface area contributed by atoms with Crippen LogP contribution in [-0.4, -0.2) is 76.6 Å². The molecule has 0 bridgehead atoms. The Hall–Kier alpha value is -1.21. The van der Waals surface area contributed by atoms with Crippen LogP contribution in [-0.2, 0) is 9.47 Å². The molecule has 6 heteroatoms. The number of nitrogens with one attached hydrogen (secondary N) is 1. The molecule has 26 heavy (non-hydrogen) atoms. The maximum Gasteiger partial charge on any atom is 0.123 e. The quantitative estimate of drug-likeness (QED) is 0.801. The van der Waals surface area contributed by atoms with Gasteiger partial charge in [-0.05, 0) is 57.6 Å². The highest BCUT2D eigenvalue weighted by Crippen LogP contribution is 2.22. The Bertz CT molecular complexity index is 532. The minimum Gasteiger partial charge on any atom is -0.379 e. The molecule has 0 aliphatic carbocycles. The Kier molecular flexibility index (Phi) is 7.25. The molecular formula is C20H32FN3O2. The summed E-state index contributed by atoms with van der Waals surface area (Å²) < 4.78 is 24.8. The van der Waals surface area contributed by atoms with Gasteiger partial charge in [0.25, 0.3) is 0 Å². The van der Waals surface area contributed by atoms with Crippen LogP contribution in [0.4, 0.5) is 10.1 Å². The van der Waals surface area contributed by atoms with Gasteiger partial charge in [-0.2, -0.15) is 0 Å². The summed E-state index contributed by atoms with van der Waals surface area (Å²) in [6.45, 7) is 5.15. The van der Waals surface area contributed by atoms with Crippen molar-refractivity contribution < 1.29 is 13.9 Å². The molecule has 2 atom stereocenters. The summed E-state index contributed by atoms with van der Waals surface area (Å²) in [6, 6.07) is 7.70. The molecular weight excluding hydrogens is 333 g/mol. The van der Waals surface area contributed by atoms with Crippen LogP contribution in [0.1, 0.15) is 19.3 Å². The van der Waals surface area contributed by atoms with Crippen molar-refractivity contribution in [3.05, 3.63) is 30.1 Å². The van der Waals surface area contributed by atoms with Crippen LogP contribution in [0.15, 0.2) is 24.3 Å². The fourth-order valence-corrected chi connectivity index (χ4v) is 3.71. The second-order valence-electron chi connectivity index (χ2n) is 7.59. The zero-order valence-corrected chi connectivity index (χ0v) is 16.0. The van der Waals surface area contributed by atoms with Gasteiger partial charge in [0.1, 0.15) is 5.82 Å². The average molecular weight is 365 g/mol. The van der Waals surface area contributed by atoms with Gasteiger partial charge in [-0.25, -0.2) is 4.39 Å². The van der Waals surface area contributed by atoms with E-state index < -0.39 is 0 Å². The first kappa shape index (κ1) is 19.5. The third-order valence-corrected chi connectivity index (χ3v) is 5.31. The predicted octanol–water partition coefficient (Wildman–Crippen LogP) is 2.12. The summed E-state index contributed by atoms with van der Waals surface area (Å²) in [5.41, 5.74) is 1.11. The summed E-state index contributed by atoms with van der Waals surface area (Å²) >= 11 is 0. The van der Waals surface area contributed by atoms with Gasteiger partial charge in [0.05, 0.1) is 19.3 Å². The molecule has 0 amide bonds. The normalized spacial score (nSPS) is 25.0. The van der Waals surface area contributed by atoms with E-state index in [-0.39, 0.29) is 11.9 Å². The first-order valence-corrected chi connectivity index (χ1v) is 9.72. The molecule has 3 rings (SSSR count). The topological polar surface area (TPSA) is 37.0 Å². The van der Waals surface area contributed by atoms with Crippen molar-refractivity contribution in [1.82, 2.24) is 10.2 Å². The van der Waals surface area contributed by atoms with E-state index in [1.807, 2.05) is 12.1 Å². The third kappa shape index (κ3) is 5.64. The minimum absolute atomic E-state index is 0.138. The lowest BCUT2D eigenvalue weighted by Crippen LogP contribution is -2.54. The lowest BCUT2D eigenvalue weighted by molar-refractivity contribution is -0.0734. The van der Waals surface area contributed by atoms with Gasteiger partial charge in [-0.1, -0.05) is 0 Å². The SMILES string of the molecule is CN(C)CCO[C@@H]1COCC[C@H]1NC1CCN(c2ccc(F)cc2)CC1. The van der Waals surface area contributed by atoms with Crippen molar-refractivity contribution in [1.29, 1.82) is 0 Å². The van der Waals surface area contributed by atoms with Crippen LogP contribution < -0.4 is 10.2 Å². The van der Waals surface area contributed by atoms with Gasteiger partial charge in [0, 0.05) is 44.0 Å². The second-order valence-corrected chi connectivity index (χ2v) is 7.59. The van der Waals surface area contributed by atoms with Crippen molar-refractivity contribution in [3.63, 3.8) is 0 Å². The van der Waals surface area contributed by atoms with Crippen LogP contribution >= 0.6 is 0 Å². The molecule has 2 aliphatic heterocycles. The van der Waals surface area contributed by atoms with Crippen LogP contribution in [0.3, 0.4) is 0 Å². The second kappa shape index (κ2) is 9.65. The predicted molar refractivity (Wildman–Crippen MR) is 102 cm³/mol. The highest BCUT2D eigenvalue weighted by Gasteiger charge is 2.30. The van der Waals surface area contributed by atoms with E-state index in [1.165, 1.54) is 12.1 Å². The molecule has 146 valence electrons. The number of hydrogen-bond acceptors (Lipinski definition) is 5. The number of anilines is 1. The maximum absolute atomic E-state index is 13.1. The van der Waals surface area contributed by atoms with Crippen molar-refractivity contribution in [2.45, 2.75) is 37.5 Å². The zero-order chi connectivity index (χ0) is 18.4. The molecule has 5 nitrogen and oxygen atoms in total. The van der Waals surface area contributed by atoms with Gasteiger partial charge in [-0.3, -0.25) is 0 Å². The van der Waals surface area contributed by atoms with E-state index in [0.29, 0.717) is 18.7 Å². The van der Waals surface area contributed by atoms with Gasteiger partial charge in [0.15, 0.2) is 0 Å². The van der Waals surface area contributed by atoms with Crippen molar-refractivity contribution >= 4 is 5.69 Å². The number of halogens is 1. The summed E-state index contributed by atoms with van der Waals surface area (Å²) in [6.07, 6.45) is 3.34. The largest absolute Gasteiger partial charge is 0.379 e. The lowest BCUT2D eigenvalue weighted by Gasteiger charge is -2.39. The number of nitrogens with zero attached hydrogens (tertiary/aromatic N) is 2. The molecule has 2 fully saturated rings. The third-order valence-electron chi connectivity index (χ3n) is 5.31. The summed E-state index contributed by atoms with van der Waals surface area (Å²) in [5.74, 6) is -0.176. The molecule has 0 spiro atoms. The molecule has 0 aromatic heterocycles. The fraction of sp³-hybridized carbons (Fsp3) is 0.700. The first-order valence-electron chi connectivity index (χ1n) is 9.72. The van der Waals surface area contributed by atoms with Gasteiger partial charge in [0.2, 0.25) is 0 Å². The number of rotatable bonds is 7. The van der Waals surface area contributed by atoms with Crippen LogP contribution in [0.25, 0.3) is 0 Å². The highest BCUT2D eigenvalue weighted by atomic mass is 19.1. The molecule has 2 heterocycles. The first-order chi connectivity index (χ1) is 12.6. The number of benzene rings is 1. The van der Waals surface area contributed by atoms with E-state index in [2.05, 4.69) is 29.2 Å². The fourth-order valence-electron chi connectivity index (χ4n) is 3.71. The lowest BCUT2D eigenvalue weighted by atomic mass is 9.99. The van der Waals surface area contributed by atoms with Crippen molar-refractivity contribution in [2.24, 2.45) is 0 Å². The van der Waals surface area contributed by atoms with Gasteiger partial charge < -0.3 is 24.6 Å². The van der Waals surface area contributed by atoms with E-state index >= 15 is 0 Å². The minimum atomic E-state index is -0.176. The van der Waals surface area contributed by atoms with E-state index in [9.17, 15) is 4.39 Å². The highest BCUT2D eigenvalue weighted by molar-refractivity contribution is 5.46. The number of ether oxygens (including phenoxy) is 2. The molecule has 1 aromatic rings. The monoisotopic (exact) mass is 365 g/mol. The average Bonchev–Trinajstić information content (AvgIpc) is 2.64. The van der Waals surface area contributed by atoms with Crippen molar-refractivity contribution in [3.8, 4) is 0 Å². The van der Waals surface area contributed by atoms with Crippen LogP contribution in [0.2, 0.25) is 0 Å². The molecule has 1 aromatic carbocycles. The Morgan fingerprint density at radius 2 is 1.92 bits per heavy atom. The Morgan fingerprint density at radius 1 is 1.19 bits per heavy atom. The standard InChI is InChI=1S/C20H32FN3O2/c1-23(2)12-14-26-20-15-25-13-9-19(20)22-17-7-10-24(11-8-17)18-5-3-16(21)4-6-18/h3-6,17,19-20,22H,7-15H2,1-2H3/t19-,20-/m1/s1. The molecule has 0 unspecified atom stereocenters. The van der Waals surface area contributed by atoms with E-state index in [4.69, 9.17) is 9.47 Å².